The molecule has 1 rings (SSSR count). The molecule has 1 fully saturated rings. The summed E-state index contributed by atoms with van der Waals surface area (Å²) in [7, 11) is 0. The lowest BCUT2D eigenvalue weighted by Gasteiger charge is -2.35. The Morgan fingerprint density at radius 1 is 1.71 bits per heavy atom. The van der Waals surface area contributed by atoms with Gasteiger partial charge in [-0.15, -0.1) is 0 Å². The molecule has 0 aromatic heterocycles. The molecule has 0 aliphatic carbocycles. The first kappa shape index (κ1) is 11.5. The number of carbonyl (C=O) groups excluding carboxylic acids is 1. The molecule has 3 atom stereocenters. The summed E-state index contributed by atoms with van der Waals surface area (Å²) in [5, 5.41) is 9.50. The van der Waals surface area contributed by atoms with Crippen molar-refractivity contribution in [2.75, 3.05) is 13.1 Å². The van der Waals surface area contributed by atoms with Crippen LogP contribution in [0.15, 0.2) is 0 Å². The summed E-state index contributed by atoms with van der Waals surface area (Å²) in [6.45, 7) is 5.14. The Hall–Kier alpha value is -0.610. The van der Waals surface area contributed by atoms with Crippen molar-refractivity contribution in [3.8, 4) is 0 Å². The zero-order chi connectivity index (χ0) is 10.7. The van der Waals surface area contributed by atoms with Gasteiger partial charge in [0.2, 0.25) is 5.91 Å². The van der Waals surface area contributed by atoms with Crippen molar-refractivity contribution >= 4 is 5.91 Å². The minimum absolute atomic E-state index is 0.0197. The molecule has 0 saturated carbocycles. The topological polar surface area (TPSA) is 66.6 Å². The van der Waals surface area contributed by atoms with Crippen molar-refractivity contribution in [3.63, 3.8) is 0 Å². The minimum atomic E-state index is -0.377. The number of amides is 1. The van der Waals surface area contributed by atoms with E-state index < -0.39 is 0 Å². The van der Waals surface area contributed by atoms with Gasteiger partial charge in [0.15, 0.2) is 0 Å². The van der Waals surface area contributed by atoms with Crippen LogP contribution in [-0.4, -0.2) is 41.1 Å². The van der Waals surface area contributed by atoms with Gasteiger partial charge in [0.05, 0.1) is 12.1 Å². The number of likely N-dealkylation sites (tertiary alicyclic amines) is 1. The van der Waals surface area contributed by atoms with Gasteiger partial charge in [-0.05, 0) is 18.8 Å². The van der Waals surface area contributed by atoms with E-state index in [9.17, 15) is 9.90 Å². The van der Waals surface area contributed by atoms with Crippen molar-refractivity contribution in [1.82, 2.24) is 4.90 Å². The molecule has 1 saturated heterocycles. The molecule has 3 unspecified atom stereocenters. The fourth-order valence-corrected chi connectivity index (χ4v) is 1.74. The number of piperidine rings is 1. The summed E-state index contributed by atoms with van der Waals surface area (Å²) >= 11 is 0. The van der Waals surface area contributed by atoms with Crippen LogP contribution >= 0.6 is 0 Å². The van der Waals surface area contributed by atoms with Crippen molar-refractivity contribution in [1.29, 1.82) is 0 Å². The molecule has 0 spiro atoms. The normalized spacial score (nSPS) is 30.1. The van der Waals surface area contributed by atoms with Gasteiger partial charge < -0.3 is 15.7 Å². The van der Waals surface area contributed by atoms with Crippen LogP contribution in [0.2, 0.25) is 0 Å². The Labute approximate surface area is 85.1 Å². The molecule has 1 aliphatic heterocycles. The number of hydrogen-bond donors (Lipinski definition) is 2. The highest BCUT2D eigenvalue weighted by Gasteiger charge is 2.28. The zero-order valence-corrected chi connectivity index (χ0v) is 8.94. The molecule has 4 heteroatoms. The molecule has 0 aromatic rings. The maximum atomic E-state index is 11.7. The van der Waals surface area contributed by atoms with E-state index in [2.05, 4.69) is 0 Å². The molecule has 3 N–H and O–H groups in total. The second-order valence-corrected chi connectivity index (χ2v) is 4.13. The second kappa shape index (κ2) is 4.75. The second-order valence-electron chi connectivity index (χ2n) is 4.13. The molecule has 82 valence electrons. The average molecular weight is 200 g/mol. The van der Waals surface area contributed by atoms with Gasteiger partial charge in [-0.1, -0.05) is 13.8 Å². The van der Waals surface area contributed by atoms with Crippen molar-refractivity contribution < 1.29 is 9.90 Å². The number of rotatable bonds is 2. The smallest absolute Gasteiger partial charge is 0.239 e. The van der Waals surface area contributed by atoms with Crippen molar-refractivity contribution in [3.05, 3.63) is 0 Å². The first-order valence-electron chi connectivity index (χ1n) is 5.28. The number of carbonyl (C=O) groups is 1. The first-order valence-corrected chi connectivity index (χ1v) is 5.28. The summed E-state index contributed by atoms with van der Waals surface area (Å²) in [6.07, 6.45) is 1.08. The van der Waals surface area contributed by atoms with Gasteiger partial charge in [-0.25, -0.2) is 0 Å². The lowest BCUT2D eigenvalue weighted by molar-refractivity contribution is -0.136. The monoisotopic (exact) mass is 200 g/mol. The van der Waals surface area contributed by atoms with E-state index >= 15 is 0 Å². The van der Waals surface area contributed by atoms with E-state index in [1.807, 2.05) is 13.8 Å². The SMILES string of the molecule is CCC(N)C(=O)N1CCC(O)C(C)C1. The molecule has 0 radical (unpaired) electrons. The van der Waals surface area contributed by atoms with Gasteiger partial charge >= 0.3 is 0 Å². The van der Waals surface area contributed by atoms with Crippen molar-refractivity contribution in [2.45, 2.75) is 38.8 Å². The fraction of sp³-hybridized carbons (Fsp3) is 0.900. The predicted molar refractivity (Wildman–Crippen MR) is 54.6 cm³/mol. The van der Waals surface area contributed by atoms with Crippen LogP contribution < -0.4 is 5.73 Å². The molecule has 1 amide bonds. The molecule has 4 nitrogen and oxygen atoms in total. The molecule has 14 heavy (non-hydrogen) atoms. The maximum Gasteiger partial charge on any atom is 0.239 e. The largest absolute Gasteiger partial charge is 0.393 e. The molecule has 0 bridgehead atoms. The molecule has 1 aliphatic rings. The maximum absolute atomic E-state index is 11.7. The summed E-state index contributed by atoms with van der Waals surface area (Å²) in [5.74, 6) is 0.183. The standard InChI is InChI=1S/C10H20N2O2/c1-3-8(11)10(14)12-5-4-9(13)7(2)6-12/h7-9,13H,3-6,11H2,1-2H3. The first-order chi connectivity index (χ1) is 6.56. The fourth-order valence-electron chi connectivity index (χ4n) is 1.74. The van der Waals surface area contributed by atoms with Gasteiger partial charge in [0.25, 0.3) is 0 Å². The Bertz CT molecular complexity index is 208. The molecular formula is C10H20N2O2. The van der Waals surface area contributed by atoms with E-state index in [0.717, 1.165) is 0 Å². The summed E-state index contributed by atoms with van der Waals surface area (Å²) in [4.78, 5) is 13.5. The van der Waals surface area contributed by atoms with Crippen molar-refractivity contribution in [2.24, 2.45) is 11.7 Å². The van der Waals surface area contributed by atoms with E-state index in [4.69, 9.17) is 5.73 Å². The molecule has 1 heterocycles. The highest BCUT2D eigenvalue weighted by molar-refractivity contribution is 5.81. The van der Waals surface area contributed by atoms with E-state index in [0.29, 0.717) is 25.9 Å². The number of nitrogens with two attached hydrogens (primary N) is 1. The van der Waals surface area contributed by atoms with Crippen LogP contribution in [0.25, 0.3) is 0 Å². The van der Waals surface area contributed by atoms with Crippen LogP contribution in [0, 0.1) is 5.92 Å². The minimum Gasteiger partial charge on any atom is -0.393 e. The quantitative estimate of drug-likeness (QED) is 0.657. The third-order valence-electron chi connectivity index (χ3n) is 2.93. The summed E-state index contributed by atoms with van der Waals surface area (Å²) in [6, 6.07) is -0.377. The van der Waals surface area contributed by atoms with Gasteiger partial charge in [0, 0.05) is 13.1 Å². The molecular weight excluding hydrogens is 180 g/mol. The highest BCUT2D eigenvalue weighted by atomic mass is 16.3. The van der Waals surface area contributed by atoms with Crippen LogP contribution in [0.5, 0.6) is 0 Å². The zero-order valence-electron chi connectivity index (χ0n) is 8.94. The predicted octanol–water partition coefficient (Wildman–Crippen LogP) is -0.0470. The Kier molecular flexibility index (Phi) is 3.89. The van der Waals surface area contributed by atoms with E-state index in [1.54, 1.807) is 4.90 Å². The van der Waals surface area contributed by atoms with Crippen LogP contribution in [0.1, 0.15) is 26.7 Å². The summed E-state index contributed by atoms with van der Waals surface area (Å²) in [5.41, 5.74) is 5.67. The number of nitrogens with zero attached hydrogens (tertiary/aromatic N) is 1. The van der Waals surface area contributed by atoms with Crippen LogP contribution in [0.3, 0.4) is 0 Å². The average Bonchev–Trinajstić information content (AvgIpc) is 2.20. The Balaban J connectivity index is 2.50. The van der Waals surface area contributed by atoms with Crippen LogP contribution in [0.4, 0.5) is 0 Å². The van der Waals surface area contributed by atoms with E-state index in [1.165, 1.54) is 0 Å². The molecule has 0 aromatic carbocycles. The highest BCUT2D eigenvalue weighted by Crippen LogP contribution is 2.17. The number of aliphatic hydroxyl groups excluding tert-OH is 1. The Morgan fingerprint density at radius 3 is 2.86 bits per heavy atom. The number of aliphatic hydroxyl groups is 1. The van der Waals surface area contributed by atoms with Gasteiger partial charge in [0.1, 0.15) is 0 Å². The van der Waals surface area contributed by atoms with Gasteiger partial charge in [-0.2, -0.15) is 0 Å². The third-order valence-corrected chi connectivity index (χ3v) is 2.93. The lowest BCUT2D eigenvalue weighted by atomic mass is 9.96. The van der Waals surface area contributed by atoms with Crippen LogP contribution in [-0.2, 0) is 4.79 Å². The Morgan fingerprint density at radius 2 is 2.36 bits per heavy atom. The summed E-state index contributed by atoms with van der Waals surface area (Å²) < 4.78 is 0. The van der Waals surface area contributed by atoms with E-state index in [-0.39, 0.29) is 24.0 Å². The third kappa shape index (κ3) is 2.45. The lowest BCUT2D eigenvalue weighted by Crippen LogP contribution is -2.50. The number of hydrogen-bond acceptors (Lipinski definition) is 3. The van der Waals surface area contributed by atoms with Gasteiger partial charge in [-0.3, -0.25) is 4.79 Å².